The van der Waals surface area contributed by atoms with Crippen molar-refractivity contribution >= 4 is 11.6 Å². The zero-order valence-electron chi connectivity index (χ0n) is 10.9. The van der Waals surface area contributed by atoms with Gasteiger partial charge in [-0.3, -0.25) is 0 Å². The number of aromatic hydroxyl groups is 1. The van der Waals surface area contributed by atoms with Crippen molar-refractivity contribution in [2.75, 3.05) is 0 Å². The molecule has 0 saturated carbocycles. The zero-order valence-corrected chi connectivity index (χ0v) is 11.6. The predicted octanol–water partition coefficient (Wildman–Crippen LogP) is 3.67. The van der Waals surface area contributed by atoms with Crippen LogP contribution in [0.25, 0.3) is 11.5 Å². The maximum absolute atomic E-state index is 9.82. The first-order valence-electron chi connectivity index (χ1n) is 6.22. The summed E-state index contributed by atoms with van der Waals surface area (Å²) in [7, 11) is 0. The largest absolute Gasteiger partial charge is 0.507 e. The summed E-state index contributed by atoms with van der Waals surface area (Å²) in [5.41, 5.74) is 0.429. The second-order valence-corrected chi connectivity index (χ2v) is 4.72. The molecule has 0 atom stereocenters. The molecule has 6 heteroatoms. The number of hydrogen-bond acceptors (Lipinski definition) is 5. The molecular formula is C15H11ClN2O3. The zero-order chi connectivity index (χ0) is 14.7. The number of para-hydroxylation sites is 1. The van der Waals surface area contributed by atoms with Crippen LogP contribution in [0.2, 0.25) is 5.02 Å². The summed E-state index contributed by atoms with van der Waals surface area (Å²) >= 11 is 5.78. The van der Waals surface area contributed by atoms with Crippen molar-refractivity contribution in [1.82, 2.24) is 10.1 Å². The molecule has 0 fully saturated rings. The van der Waals surface area contributed by atoms with Gasteiger partial charge in [0.15, 0.2) is 6.61 Å². The Bertz CT molecular complexity index is 744. The average molecular weight is 303 g/mol. The van der Waals surface area contributed by atoms with Crippen LogP contribution in [0.5, 0.6) is 11.5 Å². The molecule has 3 aromatic rings. The van der Waals surface area contributed by atoms with Gasteiger partial charge in [-0.1, -0.05) is 35.0 Å². The predicted molar refractivity (Wildman–Crippen MR) is 77.2 cm³/mol. The molecule has 0 aliphatic rings. The normalized spacial score (nSPS) is 10.5. The number of phenolic OH excluding ortho intramolecular Hbond substituents is 1. The minimum Gasteiger partial charge on any atom is -0.507 e. The molecule has 0 amide bonds. The van der Waals surface area contributed by atoms with Crippen LogP contribution in [0.15, 0.2) is 53.1 Å². The van der Waals surface area contributed by atoms with Crippen LogP contribution in [-0.4, -0.2) is 15.2 Å². The van der Waals surface area contributed by atoms with Crippen LogP contribution in [0, 0.1) is 0 Å². The Balaban J connectivity index is 1.74. The van der Waals surface area contributed by atoms with Crippen molar-refractivity contribution in [1.29, 1.82) is 0 Å². The fourth-order valence-corrected chi connectivity index (χ4v) is 1.94. The van der Waals surface area contributed by atoms with Crippen LogP contribution in [-0.2, 0) is 6.61 Å². The molecule has 1 N–H and O–H groups in total. The van der Waals surface area contributed by atoms with E-state index in [9.17, 15) is 5.11 Å². The maximum atomic E-state index is 9.82. The second kappa shape index (κ2) is 5.85. The van der Waals surface area contributed by atoms with Crippen LogP contribution in [0.1, 0.15) is 5.82 Å². The number of nitrogens with zero attached hydrogens (tertiary/aromatic N) is 2. The molecule has 0 spiro atoms. The highest BCUT2D eigenvalue weighted by atomic mass is 35.5. The number of benzene rings is 2. The van der Waals surface area contributed by atoms with E-state index in [-0.39, 0.29) is 18.2 Å². The lowest BCUT2D eigenvalue weighted by molar-refractivity contribution is 0.287. The van der Waals surface area contributed by atoms with E-state index in [1.807, 2.05) is 30.3 Å². The summed E-state index contributed by atoms with van der Waals surface area (Å²) in [6, 6.07) is 14.0. The molecular weight excluding hydrogens is 292 g/mol. The Morgan fingerprint density at radius 3 is 2.71 bits per heavy atom. The van der Waals surface area contributed by atoms with Crippen LogP contribution >= 0.6 is 11.6 Å². The van der Waals surface area contributed by atoms with Crippen molar-refractivity contribution < 1.29 is 14.4 Å². The molecule has 1 aromatic heterocycles. The molecule has 0 aliphatic carbocycles. The number of phenols is 1. The molecule has 0 saturated heterocycles. The lowest BCUT2D eigenvalue weighted by Gasteiger charge is -2.01. The lowest BCUT2D eigenvalue weighted by Crippen LogP contribution is -1.97. The van der Waals surface area contributed by atoms with Crippen molar-refractivity contribution in [3.8, 4) is 23.0 Å². The van der Waals surface area contributed by atoms with Crippen LogP contribution < -0.4 is 4.74 Å². The monoisotopic (exact) mass is 302 g/mol. The summed E-state index contributed by atoms with van der Waals surface area (Å²) in [5, 5.41) is 14.1. The number of ether oxygens (including phenoxy) is 1. The van der Waals surface area contributed by atoms with Crippen molar-refractivity contribution in [3.05, 3.63) is 59.4 Å². The summed E-state index contributed by atoms with van der Waals surface area (Å²) in [4.78, 5) is 4.18. The van der Waals surface area contributed by atoms with E-state index < -0.39 is 0 Å². The molecule has 0 aliphatic heterocycles. The van der Waals surface area contributed by atoms with Gasteiger partial charge in [0.1, 0.15) is 11.5 Å². The molecule has 106 valence electrons. The van der Waals surface area contributed by atoms with E-state index in [1.54, 1.807) is 12.1 Å². The van der Waals surface area contributed by atoms with Crippen molar-refractivity contribution in [2.45, 2.75) is 6.61 Å². The van der Waals surface area contributed by atoms with Crippen LogP contribution in [0.4, 0.5) is 0 Å². The van der Waals surface area contributed by atoms with E-state index in [0.717, 1.165) is 5.75 Å². The summed E-state index contributed by atoms with van der Waals surface area (Å²) in [6.07, 6.45) is 0. The fourth-order valence-electron chi connectivity index (χ4n) is 1.77. The Kier molecular flexibility index (Phi) is 3.75. The third kappa shape index (κ3) is 3.14. The number of aromatic nitrogens is 2. The maximum Gasteiger partial charge on any atom is 0.261 e. The molecule has 0 unspecified atom stereocenters. The van der Waals surface area contributed by atoms with Gasteiger partial charge in [-0.05, 0) is 30.3 Å². The van der Waals surface area contributed by atoms with Gasteiger partial charge in [0.05, 0.1) is 5.56 Å². The Morgan fingerprint density at radius 2 is 1.95 bits per heavy atom. The number of hydrogen-bond donors (Lipinski definition) is 1. The lowest BCUT2D eigenvalue weighted by atomic mass is 10.2. The first-order valence-corrected chi connectivity index (χ1v) is 6.59. The van der Waals surface area contributed by atoms with Gasteiger partial charge in [-0.2, -0.15) is 4.98 Å². The molecule has 0 radical (unpaired) electrons. The highest BCUT2D eigenvalue weighted by Crippen LogP contribution is 2.30. The van der Waals surface area contributed by atoms with Gasteiger partial charge >= 0.3 is 0 Å². The van der Waals surface area contributed by atoms with E-state index in [0.29, 0.717) is 16.4 Å². The molecule has 2 aromatic carbocycles. The number of halogens is 1. The Hall–Kier alpha value is -2.53. The van der Waals surface area contributed by atoms with Gasteiger partial charge in [-0.15, -0.1) is 0 Å². The minimum absolute atomic E-state index is 0.0123. The van der Waals surface area contributed by atoms with Crippen molar-refractivity contribution in [3.63, 3.8) is 0 Å². The topological polar surface area (TPSA) is 68.4 Å². The number of rotatable bonds is 4. The third-order valence-electron chi connectivity index (χ3n) is 2.77. The standard InChI is InChI=1S/C15H11ClN2O3/c16-10-6-7-12(13(19)8-10)15-17-14(18-21-15)9-20-11-4-2-1-3-5-11/h1-8,19H,9H2. The molecule has 0 bridgehead atoms. The van der Waals surface area contributed by atoms with Crippen LogP contribution in [0.3, 0.4) is 0 Å². The van der Waals surface area contributed by atoms with E-state index in [1.165, 1.54) is 6.07 Å². The average Bonchev–Trinajstić information content (AvgIpc) is 2.95. The van der Waals surface area contributed by atoms with E-state index in [4.69, 9.17) is 20.9 Å². The van der Waals surface area contributed by atoms with Gasteiger partial charge in [-0.25, -0.2) is 0 Å². The second-order valence-electron chi connectivity index (χ2n) is 4.28. The summed E-state index contributed by atoms with van der Waals surface area (Å²) in [6.45, 7) is 0.182. The summed E-state index contributed by atoms with van der Waals surface area (Å²) < 4.78 is 10.6. The van der Waals surface area contributed by atoms with Gasteiger partial charge in [0.25, 0.3) is 5.89 Å². The minimum atomic E-state index is -0.0123. The highest BCUT2D eigenvalue weighted by molar-refractivity contribution is 6.30. The first kappa shape index (κ1) is 13.5. The molecule has 3 rings (SSSR count). The van der Waals surface area contributed by atoms with Gasteiger partial charge < -0.3 is 14.4 Å². The van der Waals surface area contributed by atoms with Crippen molar-refractivity contribution in [2.24, 2.45) is 0 Å². The summed E-state index contributed by atoms with van der Waals surface area (Å²) in [5.74, 6) is 1.32. The fraction of sp³-hybridized carbons (Fsp3) is 0.0667. The van der Waals surface area contributed by atoms with Gasteiger partial charge in [0.2, 0.25) is 5.82 Å². The molecule has 1 heterocycles. The van der Waals surface area contributed by atoms with E-state index in [2.05, 4.69) is 10.1 Å². The Morgan fingerprint density at radius 1 is 1.14 bits per heavy atom. The smallest absolute Gasteiger partial charge is 0.261 e. The quantitative estimate of drug-likeness (QED) is 0.796. The van der Waals surface area contributed by atoms with E-state index >= 15 is 0 Å². The highest BCUT2D eigenvalue weighted by Gasteiger charge is 2.13. The Labute approximate surface area is 125 Å². The van der Waals surface area contributed by atoms with Gasteiger partial charge in [0, 0.05) is 5.02 Å². The third-order valence-corrected chi connectivity index (χ3v) is 3.00. The molecule has 21 heavy (non-hydrogen) atoms. The first-order chi connectivity index (χ1) is 10.2. The SMILES string of the molecule is Oc1cc(Cl)ccc1-c1nc(COc2ccccc2)no1. The molecule has 5 nitrogen and oxygen atoms in total.